The molecule has 3 atom stereocenters. The lowest BCUT2D eigenvalue weighted by Gasteiger charge is -2.63. The Morgan fingerprint density at radius 1 is 0.976 bits per heavy atom. The molecule has 6 nitrogen and oxygen atoms in total. The number of aromatic hydroxyl groups is 1. The first-order chi connectivity index (χ1) is 19.9. The number of hydrogen-bond donors (Lipinski definition) is 3. The van der Waals surface area contributed by atoms with Crippen molar-refractivity contribution in [1.82, 2.24) is 10.2 Å². The third kappa shape index (κ3) is 4.48. The van der Waals surface area contributed by atoms with Gasteiger partial charge in [0, 0.05) is 43.0 Å². The van der Waals surface area contributed by atoms with E-state index in [1.54, 1.807) is 6.07 Å². The number of rotatable bonds is 7. The van der Waals surface area contributed by atoms with Crippen LogP contribution in [0.1, 0.15) is 65.6 Å². The first kappa shape index (κ1) is 26.4. The molecule has 0 radical (unpaired) electrons. The number of benzene rings is 3. The van der Waals surface area contributed by atoms with Gasteiger partial charge in [0.05, 0.1) is 11.2 Å². The standard InChI is InChI=1S/C35H38N2O4/c38-28-14-16-35(41)30-20-27-12-13-29(32(39)31(27)34(35,21-28)17-19-37(30)22-24-6-7-24)33(40)36-18-15-23-8-10-26(11-9-23)25-4-2-1-3-5-25/h1-5,8-13,24,30,39,41H,6-7,14-22H2,(H,36,40)/t30-,34-,35-/m1/s1. The molecule has 0 aromatic heterocycles. The molecule has 1 aliphatic heterocycles. The molecule has 41 heavy (non-hydrogen) atoms. The minimum absolute atomic E-state index is 0.0607. The molecule has 3 aromatic carbocycles. The third-order valence-electron chi connectivity index (χ3n) is 10.3. The number of carbonyl (C=O) groups is 2. The van der Waals surface area contributed by atoms with E-state index >= 15 is 0 Å². The lowest BCUT2D eigenvalue weighted by atomic mass is 9.49. The summed E-state index contributed by atoms with van der Waals surface area (Å²) in [5.41, 5.74) is 3.33. The highest BCUT2D eigenvalue weighted by molar-refractivity contribution is 5.98. The fourth-order valence-electron chi connectivity index (χ4n) is 7.95. The maximum Gasteiger partial charge on any atom is 0.255 e. The first-order valence-electron chi connectivity index (χ1n) is 15.1. The molecule has 0 spiro atoms. The zero-order valence-corrected chi connectivity index (χ0v) is 23.4. The largest absolute Gasteiger partial charge is 0.507 e. The second-order valence-corrected chi connectivity index (χ2v) is 12.7. The Balaban J connectivity index is 1.11. The number of aliphatic hydroxyl groups is 1. The molecule has 2 saturated carbocycles. The van der Waals surface area contributed by atoms with Crippen LogP contribution in [-0.2, 0) is 23.1 Å². The fourth-order valence-corrected chi connectivity index (χ4v) is 7.95. The molecule has 4 aliphatic rings. The third-order valence-corrected chi connectivity index (χ3v) is 10.3. The minimum Gasteiger partial charge on any atom is -0.507 e. The van der Waals surface area contributed by atoms with Gasteiger partial charge in [0.1, 0.15) is 11.5 Å². The molecular weight excluding hydrogens is 512 g/mol. The first-order valence-corrected chi connectivity index (χ1v) is 15.1. The maximum atomic E-state index is 13.3. The highest BCUT2D eigenvalue weighted by atomic mass is 16.3. The average Bonchev–Trinajstić information content (AvgIpc) is 3.80. The number of nitrogens with zero attached hydrogens (tertiary/aromatic N) is 1. The van der Waals surface area contributed by atoms with Crippen molar-refractivity contribution in [3.63, 3.8) is 0 Å². The molecule has 0 unspecified atom stereocenters. The van der Waals surface area contributed by atoms with Crippen molar-refractivity contribution in [2.24, 2.45) is 5.92 Å². The van der Waals surface area contributed by atoms with E-state index in [1.807, 2.05) is 24.3 Å². The molecule has 3 aliphatic carbocycles. The second kappa shape index (κ2) is 10.1. The van der Waals surface area contributed by atoms with Crippen LogP contribution in [0.25, 0.3) is 11.1 Å². The predicted molar refractivity (Wildman–Crippen MR) is 158 cm³/mol. The van der Waals surface area contributed by atoms with Crippen LogP contribution in [0.5, 0.6) is 5.75 Å². The molecule has 1 saturated heterocycles. The van der Waals surface area contributed by atoms with Gasteiger partial charge in [-0.1, -0.05) is 60.7 Å². The molecule has 6 heteroatoms. The Labute approximate surface area is 241 Å². The number of carbonyl (C=O) groups excluding carboxylic acids is 2. The van der Waals surface area contributed by atoms with Gasteiger partial charge in [0.2, 0.25) is 0 Å². The highest BCUT2D eigenvalue weighted by Gasteiger charge is 2.65. The number of likely N-dealkylation sites (tertiary alicyclic amines) is 1. The fraction of sp³-hybridized carbons (Fsp3) is 0.429. The summed E-state index contributed by atoms with van der Waals surface area (Å²) >= 11 is 0. The Bertz CT molecular complexity index is 1480. The number of fused-ring (bicyclic) bond motifs is 1. The van der Waals surface area contributed by atoms with E-state index in [2.05, 4.69) is 46.6 Å². The van der Waals surface area contributed by atoms with Crippen LogP contribution in [0.2, 0.25) is 0 Å². The van der Waals surface area contributed by atoms with Crippen LogP contribution in [0, 0.1) is 5.92 Å². The van der Waals surface area contributed by atoms with Crippen molar-refractivity contribution >= 4 is 11.7 Å². The Morgan fingerprint density at radius 2 is 1.73 bits per heavy atom. The summed E-state index contributed by atoms with van der Waals surface area (Å²) < 4.78 is 0. The summed E-state index contributed by atoms with van der Waals surface area (Å²) in [7, 11) is 0. The van der Waals surface area contributed by atoms with E-state index in [9.17, 15) is 19.8 Å². The normalized spacial score (nSPS) is 27.1. The van der Waals surface area contributed by atoms with E-state index in [4.69, 9.17) is 0 Å². The molecule has 3 fully saturated rings. The van der Waals surface area contributed by atoms with Crippen LogP contribution >= 0.6 is 0 Å². The molecule has 1 amide bonds. The predicted octanol–water partition coefficient (Wildman–Crippen LogP) is 4.79. The lowest BCUT2D eigenvalue weighted by molar-refractivity contribution is -0.173. The number of amides is 1. The maximum absolute atomic E-state index is 13.3. The van der Waals surface area contributed by atoms with E-state index in [0.29, 0.717) is 50.1 Å². The van der Waals surface area contributed by atoms with Crippen molar-refractivity contribution in [2.75, 3.05) is 19.6 Å². The molecular formula is C35H38N2O4. The van der Waals surface area contributed by atoms with Crippen molar-refractivity contribution in [1.29, 1.82) is 0 Å². The van der Waals surface area contributed by atoms with Gasteiger partial charge in [-0.05, 0) is 79.3 Å². The molecule has 1 heterocycles. The van der Waals surface area contributed by atoms with Crippen molar-refractivity contribution in [3.8, 4) is 16.9 Å². The van der Waals surface area contributed by atoms with Gasteiger partial charge in [-0.15, -0.1) is 0 Å². The van der Waals surface area contributed by atoms with E-state index in [1.165, 1.54) is 18.4 Å². The summed E-state index contributed by atoms with van der Waals surface area (Å²) in [4.78, 5) is 28.6. The zero-order valence-electron chi connectivity index (χ0n) is 23.4. The number of hydrogen-bond acceptors (Lipinski definition) is 5. The minimum atomic E-state index is -1.08. The topological polar surface area (TPSA) is 89.9 Å². The number of phenols is 1. The van der Waals surface area contributed by atoms with E-state index in [0.717, 1.165) is 29.8 Å². The highest BCUT2D eigenvalue weighted by Crippen LogP contribution is 2.60. The van der Waals surface area contributed by atoms with Crippen molar-refractivity contribution < 1.29 is 19.8 Å². The smallest absolute Gasteiger partial charge is 0.255 e. The number of Topliss-reactive ketones (excluding diaryl/α,β-unsaturated/α-hetero) is 1. The number of phenolic OH excluding ortho intramolecular Hbond substituents is 1. The summed E-state index contributed by atoms with van der Waals surface area (Å²) in [6, 6.07) is 22.2. The Kier molecular flexibility index (Phi) is 6.51. The Hall–Kier alpha value is -3.48. The van der Waals surface area contributed by atoms with Crippen molar-refractivity contribution in [2.45, 2.75) is 68.4 Å². The van der Waals surface area contributed by atoms with Gasteiger partial charge >= 0.3 is 0 Å². The number of ketones is 1. The van der Waals surface area contributed by atoms with E-state index < -0.39 is 11.0 Å². The summed E-state index contributed by atoms with van der Waals surface area (Å²) in [6.07, 6.45) is 5.42. The van der Waals surface area contributed by atoms with Crippen LogP contribution in [-0.4, -0.2) is 58.1 Å². The van der Waals surface area contributed by atoms with Crippen LogP contribution in [0.4, 0.5) is 0 Å². The number of piperidine rings is 1. The molecule has 3 aromatic rings. The summed E-state index contributed by atoms with van der Waals surface area (Å²) in [6.45, 7) is 2.23. The SMILES string of the molecule is O=C1CC[C@@]2(O)[C@H]3Cc4ccc(C(=O)NCCc5ccc(-c6ccccc6)cc5)c(O)c4[C@@]2(CCN3CC2CC2)C1. The van der Waals surface area contributed by atoms with Gasteiger partial charge in [-0.25, -0.2) is 0 Å². The van der Waals surface area contributed by atoms with Crippen LogP contribution in [0.3, 0.4) is 0 Å². The van der Waals surface area contributed by atoms with Crippen LogP contribution in [0.15, 0.2) is 66.7 Å². The molecule has 212 valence electrons. The molecule has 2 bridgehead atoms. The lowest BCUT2D eigenvalue weighted by Crippen LogP contribution is -2.73. The molecule has 7 rings (SSSR count). The zero-order chi connectivity index (χ0) is 28.2. The average molecular weight is 551 g/mol. The Morgan fingerprint density at radius 3 is 2.49 bits per heavy atom. The summed E-state index contributed by atoms with van der Waals surface area (Å²) in [5.74, 6) is 0.444. The van der Waals surface area contributed by atoms with Gasteiger partial charge in [-0.2, -0.15) is 0 Å². The second-order valence-electron chi connectivity index (χ2n) is 12.7. The van der Waals surface area contributed by atoms with Crippen LogP contribution < -0.4 is 5.32 Å². The van der Waals surface area contributed by atoms with Crippen molar-refractivity contribution in [3.05, 3.63) is 89.0 Å². The van der Waals surface area contributed by atoms with Gasteiger partial charge < -0.3 is 15.5 Å². The van der Waals surface area contributed by atoms with Gasteiger partial charge in [0.25, 0.3) is 5.91 Å². The molecule has 3 N–H and O–H groups in total. The van der Waals surface area contributed by atoms with Gasteiger partial charge in [0.15, 0.2) is 0 Å². The van der Waals surface area contributed by atoms with E-state index in [-0.39, 0.29) is 35.5 Å². The van der Waals surface area contributed by atoms with Gasteiger partial charge in [-0.3, -0.25) is 14.5 Å². The summed E-state index contributed by atoms with van der Waals surface area (Å²) in [5, 5.41) is 27.0. The quantitative estimate of drug-likeness (QED) is 0.394. The number of nitrogens with one attached hydrogen (secondary N) is 1. The monoisotopic (exact) mass is 550 g/mol.